The highest BCUT2D eigenvalue weighted by Gasteiger charge is 2.29. The van der Waals surface area contributed by atoms with Crippen LogP contribution < -0.4 is 0 Å². The number of carbonyl (C=O) groups is 1. The van der Waals surface area contributed by atoms with Gasteiger partial charge in [-0.05, 0) is 61.1 Å². The molecule has 2 fully saturated rings. The van der Waals surface area contributed by atoms with E-state index in [2.05, 4.69) is 17.0 Å². The predicted molar refractivity (Wildman–Crippen MR) is 100 cm³/mol. The fourth-order valence-electron chi connectivity index (χ4n) is 3.71. The fourth-order valence-corrected chi connectivity index (χ4v) is 3.71. The van der Waals surface area contributed by atoms with Crippen molar-refractivity contribution in [2.45, 2.75) is 44.8 Å². The van der Waals surface area contributed by atoms with Crippen LogP contribution in [0.5, 0.6) is 0 Å². The highest BCUT2D eigenvalue weighted by molar-refractivity contribution is 5.94. The number of likely N-dealkylation sites (tertiary alicyclic amines) is 1. The van der Waals surface area contributed by atoms with E-state index < -0.39 is 0 Å². The van der Waals surface area contributed by atoms with Crippen LogP contribution in [-0.4, -0.2) is 34.8 Å². The van der Waals surface area contributed by atoms with E-state index >= 15 is 0 Å². The summed E-state index contributed by atoms with van der Waals surface area (Å²) in [5.41, 5.74) is 2.99. The molecule has 1 amide bonds. The Hall–Kier alpha value is -2.20. The lowest BCUT2D eigenvalue weighted by atomic mass is 10.1. The van der Waals surface area contributed by atoms with Gasteiger partial charge >= 0.3 is 0 Å². The van der Waals surface area contributed by atoms with Gasteiger partial charge in [0.1, 0.15) is 5.82 Å². The number of hydrogen-bond donors (Lipinski definition) is 0. The summed E-state index contributed by atoms with van der Waals surface area (Å²) in [6, 6.07) is 15.5. The summed E-state index contributed by atoms with van der Waals surface area (Å²) < 4.78 is 13.5. The largest absolute Gasteiger partial charge is 0.339 e. The molecule has 0 spiro atoms. The zero-order chi connectivity index (χ0) is 17.9. The SMILES string of the molecule is O=C(c1ccc(CN(Cc2cccc(F)c2)C2CC2)cc1)N1CCCC1. The molecule has 0 aromatic heterocycles. The van der Waals surface area contributed by atoms with E-state index in [1.165, 1.54) is 24.5 Å². The van der Waals surface area contributed by atoms with Crippen LogP contribution in [0.4, 0.5) is 4.39 Å². The smallest absolute Gasteiger partial charge is 0.253 e. The molecule has 26 heavy (non-hydrogen) atoms. The molecule has 1 saturated carbocycles. The summed E-state index contributed by atoms with van der Waals surface area (Å²) >= 11 is 0. The van der Waals surface area contributed by atoms with Crippen LogP contribution in [0.3, 0.4) is 0 Å². The van der Waals surface area contributed by atoms with Gasteiger partial charge in [-0.3, -0.25) is 9.69 Å². The van der Waals surface area contributed by atoms with E-state index in [0.29, 0.717) is 6.04 Å². The van der Waals surface area contributed by atoms with Crippen LogP contribution in [0, 0.1) is 5.82 Å². The maximum absolute atomic E-state index is 13.5. The average Bonchev–Trinajstić information content (AvgIpc) is 3.35. The van der Waals surface area contributed by atoms with E-state index in [1.807, 2.05) is 23.1 Å². The molecule has 2 aliphatic rings. The van der Waals surface area contributed by atoms with Crippen molar-refractivity contribution >= 4 is 5.91 Å². The first-order chi connectivity index (χ1) is 12.7. The molecule has 2 aromatic carbocycles. The van der Waals surface area contributed by atoms with Gasteiger partial charge in [0.15, 0.2) is 0 Å². The van der Waals surface area contributed by atoms with Gasteiger partial charge in [0.25, 0.3) is 5.91 Å². The molecule has 0 bridgehead atoms. The van der Waals surface area contributed by atoms with Gasteiger partial charge in [-0.2, -0.15) is 0 Å². The molecule has 2 aromatic rings. The summed E-state index contributed by atoms with van der Waals surface area (Å²) in [6.45, 7) is 3.35. The number of hydrogen-bond acceptors (Lipinski definition) is 2. The second kappa shape index (κ2) is 7.58. The maximum Gasteiger partial charge on any atom is 0.253 e. The van der Waals surface area contributed by atoms with Gasteiger partial charge < -0.3 is 4.90 Å². The summed E-state index contributed by atoms with van der Waals surface area (Å²) in [4.78, 5) is 16.8. The summed E-state index contributed by atoms with van der Waals surface area (Å²) in [7, 11) is 0. The number of rotatable bonds is 6. The molecule has 1 aliphatic heterocycles. The number of amides is 1. The summed E-state index contributed by atoms with van der Waals surface area (Å²) in [5.74, 6) is -0.0316. The van der Waals surface area contributed by atoms with Gasteiger partial charge in [-0.25, -0.2) is 4.39 Å². The third kappa shape index (κ3) is 4.13. The Morgan fingerprint density at radius 1 is 1.00 bits per heavy atom. The highest BCUT2D eigenvalue weighted by Crippen LogP contribution is 2.30. The van der Waals surface area contributed by atoms with E-state index in [1.54, 1.807) is 12.1 Å². The van der Waals surface area contributed by atoms with Crippen LogP contribution in [0.25, 0.3) is 0 Å². The van der Waals surface area contributed by atoms with Crippen LogP contribution in [-0.2, 0) is 13.1 Å². The molecule has 0 radical (unpaired) electrons. The van der Waals surface area contributed by atoms with Crippen molar-refractivity contribution in [2.24, 2.45) is 0 Å². The van der Waals surface area contributed by atoms with Crippen molar-refractivity contribution in [1.82, 2.24) is 9.80 Å². The average molecular weight is 352 g/mol. The molecule has 0 atom stereocenters. The Morgan fingerprint density at radius 3 is 2.35 bits per heavy atom. The molecule has 136 valence electrons. The van der Waals surface area contributed by atoms with Gasteiger partial charge in [0.05, 0.1) is 0 Å². The number of benzene rings is 2. The van der Waals surface area contributed by atoms with Crippen molar-refractivity contribution in [2.75, 3.05) is 13.1 Å². The Morgan fingerprint density at radius 2 is 1.69 bits per heavy atom. The van der Waals surface area contributed by atoms with Crippen LogP contribution in [0.1, 0.15) is 47.2 Å². The lowest BCUT2D eigenvalue weighted by molar-refractivity contribution is 0.0793. The van der Waals surface area contributed by atoms with E-state index in [-0.39, 0.29) is 11.7 Å². The van der Waals surface area contributed by atoms with Crippen LogP contribution in [0.2, 0.25) is 0 Å². The van der Waals surface area contributed by atoms with E-state index in [4.69, 9.17) is 0 Å². The Labute approximate surface area is 154 Å². The Bertz CT molecular complexity index is 764. The number of nitrogens with zero attached hydrogens (tertiary/aromatic N) is 2. The topological polar surface area (TPSA) is 23.6 Å². The lowest BCUT2D eigenvalue weighted by Crippen LogP contribution is -2.27. The molecule has 4 heteroatoms. The normalized spacial score (nSPS) is 17.1. The third-order valence-corrected chi connectivity index (χ3v) is 5.32. The summed E-state index contributed by atoms with van der Waals surface area (Å²) in [5, 5.41) is 0. The Balaban J connectivity index is 1.42. The van der Waals surface area contributed by atoms with Crippen molar-refractivity contribution in [3.8, 4) is 0 Å². The first-order valence-corrected chi connectivity index (χ1v) is 9.56. The quantitative estimate of drug-likeness (QED) is 0.777. The van der Waals surface area contributed by atoms with Crippen molar-refractivity contribution in [1.29, 1.82) is 0 Å². The van der Waals surface area contributed by atoms with Crippen molar-refractivity contribution in [3.63, 3.8) is 0 Å². The van der Waals surface area contributed by atoms with Crippen LogP contribution >= 0.6 is 0 Å². The Kier molecular flexibility index (Phi) is 5.02. The molecule has 0 N–H and O–H groups in total. The zero-order valence-corrected chi connectivity index (χ0v) is 15.0. The minimum absolute atomic E-state index is 0.146. The molecular weight excluding hydrogens is 327 g/mol. The molecule has 1 aliphatic carbocycles. The first kappa shape index (κ1) is 17.2. The zero-order valence-electron chi connectivity index (χ0n) is 15.0. The fraction of sp³-hybridized carbons (Fsp3) is 0.409. The molecular formula is C22H25FN2O. The predicted octanol–water partition coefficient (Wildman–Crippen LogP) is 4.23. The van der Waals surface area contributed by atoms with Crippen LogP contribution in [0.15, 0.2) is 48.5 Å². The highest BCUT2D eigenvalue weighted by atomic mass is 19.1. The van der Waals surface area contributed by atoms with Crippen molar-refractivity contribution in [3.05, 3.63) is 71.0 Å². The molecule has 3 nitrogen and oxygen atoms in total. The lowest BCUT2D eigenvalue weighted by Gasteiger charge is -2.22. The minimum atomic E-state index is -0.178. The van der Waals surface area contributed by atoms with E-state index in [0.717, 1.165) is 50.1 Å². The molecule has 0 unspecified atom stereocenters. The minimum Gasteiger partial charge on any atom is -0.339 e. The maximum atomic E-state index is 13.5. The van der Waals surface area contributed by atoms with Gasteiger partial charge in [-0.1, -0.05) is 24.3 Å². The first-order valence-electron chi connectivity index (χ1n) is 9.56. The second-order valence-corrected chi connectivity index (χ2v) is 7.46. The van der Waals surface area contributed by atoms with Gasteiger partial charge in [-0.15, -0.1) is 0 Å². The number of carbonyl (C=O) groups excluding carboxylic acids is 1. The van der Waals surface area contributed by atoms with Crippen molar-refractivity contribution < 1.29 is 9.18 Å². The molecule has 1 heterocycles. The second-order valence-electron chi connectivity index (χ2n) is 7.46. The van der Waals surface area contributed by atoms with Gasteiger partial charge in [0, 0.05) is 37.8 Å². The van der Waals surface area contributed by atoms with E-state index in [9.17, 15) is 9.18 Å². The third-order valence-electron chi connectivity index (χ3n) is 5.32. The summed E-state index contributed by atoms with van der Waals surface area (Å²) in [6.07, 6.45) is 4.64. The number of halogens is 1. The molecule has 4 rings (SSSR count). The monoisotopic (exact) mass is 352 g/mol. The molecule has 1 saturated heterocycles. The van der Waals surface area contributed by atoms with Gasteiger partial charge in [0.2, 0.25) is 0 Å². The standard InChI is InChI=1S/C22H25FN2O/c23-20-5-3-4-18(14-20)16-25(21-10-11-21)15-17-6-8-19(9-7-17)22(26)24-12-1-2-13-24/h3-9,14,21H,1-2,10-13,15-16H2.